The van der Waals surface area contributed by atoms with Crippen molar-refractivity contribution < 1.29 is 0 Å². The van der Waals surface area contributed by atoms with Gasteiger partial charge in [0.1, 0.15) is 0 Å². The summed E-state index contributed by atoms with van der Waals surface area (Å²) in [6.45, 7) is 13.3. The number of allylic oxidation sites excluding steroid dienone is 10. The molecule has 0 aromatic carbocycles. The Kier molecular flexibility index (Phi) is 15.6. The van der Waals surface area contributed by atoms with Crippen LogP contribution in [0.4, 0.5) is 0 Å². The zero-order chi connectivity index (χ0) is 19.8. The van der Waals surface area contributed by atoms with E-state index < -0.39 is 0 Å². The van der Waals surface area contributed by atoms with Crippen molar-refractivity contribution in [3.05, 3.63) is 58.2 Å². The summed E-state index contributed by atoms with van der Waals surface area (Å²) in [6, 6.07) is 0. The monoisotopic (exact) mass is 376 g/mol. The Bertz CT molecular complexity index is 522. The smallest absolute Gasteiger partial charge is 0.0406 e. The van der Waals surface area contributed by atoms with Gasteiger partial charge in [0.2, 0.25) is 0 Å². The lowest BCUT2D eigenvalue weighted by molar-refractivity contribution is 0.891. The van der Waals surface area contributed by atoms with E-state index in [1.54, 1.807) is 0 Å². The van der Waals surface area contributed by atoms with Crippen LogP contribution >= 0.6 is 11.6 Å². The summed E-state index contributed by atoms with van der Waals surface area (Å²) in [5.41, 5.74) is 7.36. The van der Waals surface area contributed by atoms with E-state index in [1.807, 2.05) is 0 Å². The molecule has 0 aliphatic carbocycles. The second kappa shape index (κ2) is 16.2. The van der Waals surface area contributed by atoms with Crippen molar-refractivity contribution in [1.82, 2.24) is 0 Å². The number of hydrogen-bond donors (Lipinski definition) is 0. The van der Waals surface area contributed by atoms with Crippen LogP contribution in [-0.2, 0) is 0 Å². The maximum absolute atomic E-state index is 5.72. The highest BCUT2D eigenvalue weighted by atomic mass is 35.5. The van der Waals surface area contributed by atoms with E-state index in [2.05, 4.69) is 71.9 Å². The highest BCUT2D eigenvalue weighted by Gasteiger charge is 1.94. The average molecular weight is 377 g/mol. The van der Waals surface area contributed by atoms with Gasteiger partial charge in [0.15, 0.2) is 0 Å². The minimum atomic E-state index is 0.628. The van der Waals surface area contributed by atoms with Gasteiger partial charge in [-0.25, -0.2) is 0 Å². The lowest BCUT2D eigenvalue weighted by Crippen LogP contribution is -1.83. The SMILES string of the molecule is CC(C)=CCC/C(C)=C/CCC(C)=CCCC(C)=CCCC(C)=CCCl. The first-order valence-electron chi connectivity index (χ1n) is 10.2. The first-order chi connectivity index (χ1) is 12.3. The van der Waals surface area contributed by atoms with E-state index >= 15 is 0 Å². The minimum Gasteiger partial charge on any atom is -0.122 e. The van der Waals surface area contributed by atoms with Crippen LogP contribution < -0.4 is 0 Å². The molecule has 0 amide bonds. The van der Waals surface area contributed by atoms with Crippen molar-refractivity contribution >= 4 is 11.6 Å². The molecule has 0 fully saturated rings. The molecule has 0 spiro atoms. The summed E-state index contributed by atoms with van der Waals surface area (Å²) in [5.74, 6) is 0.628. The lowest BCUT2D eigenvalue weighted by Gasteiger charge is -2.03. The predicted octanol–water partition coefficient (Wildman–Crippen LogP) is 9.10. The third kappa shape index (κ3) is 16.5. The fourth-order valence-corrected chi connectivity index (χ4v) is 3.03. The largest absolute Gasteiger partial charge is 0.122 e. The number of halogens is 1. The van der Waals surface area contributed by atoms with Crippen molar-refractivity contribution in [3.63, 3.8) is 0 Å². The Hall–Kier alpha value is -1.01. The van der Waals surface area contributed by atoms with Gasteiger partial charge in [-0.15, -0.1) is 11.6 Å². The van der Waals surface area contributed by atoms with E-state index in [0.29, 0.717) is 5.88 Å². The topological polar surface area (TPSA) is 0 Å². The molecule has 0 aliphatic heterocycles. The minimum absolute atomic E-state index is 0.628. The molecule has 26 heavy (non-hydrogen) atoms. The van der Waals surface area contributed by atoms with E-state index in [9.17, 15) is 0 Å². The number of rotatable bonds is 13. The van der Waals surface area contributed by atoms with Crippen molar-refractivity contribution in [2.75, 3.05) is 5.88 Å². The Labute approximate surface area is 168 Å². The van der Waals surface area contributed by atoms with Gasteiger partial charge in [0.25, 0.3) is 0 Å². The van der Waals surface area contributed by atoms with Gasteiger partial charge in [-0.3, -0.25) is 0 Å². The molecule has 0 saturated carbocycles. The molecule has 0 heterocycles. The highest BCUT2D eigenvalue weighted by molar-refractivity contribution is 6.18. The van der Waals surface area contributed by atoms with Crippen LogP contribution in [-0.4, -0.2) is 5.88 Å². The van der Waals surface area contributed by atoms with Crippen LogP contribution in [0.3, 0.4) is 0 Å². The standard InChI is InChI=1S/C25H41Cl/c1-21(2)11-7-12-22(3)13-8-14-23(4)15-9-16-24(5)17-10-18-25(6)19-20-26/h11,13,15,17,19H,7-10,12,14,16,18,20H2,1-6H3/b22-13+,23-15?,24-17?,25-19?. The normalized spacial score (nSPS) is 14.0. The molecular formula is C25H41Cl. The second-order valence-corrected chi connectivity index (χ2v) is 8.10. The molecule has 0 N–H and O–H groups in total. The zero-order valence-corrected chi connectivity index (χ0v) is 18.9. The molecule has 0 unspecified atom stereocenters. The molecule has 0 atom stereocenters. The average Bonchev–Trinajstić information content (AvgIpc) is 2.54. The van der Waals surface area contributed by atoms with Crippen molar-refractivity contribution in [2.45, 2.75) is 92.9 Å². The molecule has 0 nitrogen and oxygen atoms in total. The molecule has 0 rings (SSSR count). The number of hydrogen-bond acceptors (Lipinski definition) is 0. The molecule has 0 bridgehead atoms. The van der Waals surface area contributed by atoms with Crippen LogP contribution in [0.2, 0.25) is 0 Å². The van der Waals surface area contributed by atoms with Crippen LogP contribution in [0.5, 0.6) is 0 Å². The van der Waals surface area contributed by atoms with E-state index in [1.165, 1.54) is 60.0 Å². The number of alkyl halides is 1. The van der Waals surface area contributed by atoms with Gasteiger partial charge in [0.05, 0.1) is 0 Å². The van der Waals surface area contributed by atoms with E-state index in [4.69, 9.17) is 11.6 Å². The summed E-state index contributed by atoms with van der Waals surface area (Å²) >= 11 is 5.72. The third-order valence-corrected chi connectivity index (χ3v) is 4.77. The van der Waals surface area contributed by atoms with Gasteiger partial charge >= 0.3 is 0 Å². The summed E-state index contributed by atoms with van der Waals surface area (Å²) in [5, 5.41) is 0. The van der Waals surface area contributed by atoms with Crippen molar-refractivity contribution in [1.29, 1.82) is 0 Å². The zero-order valence-electron chi connectivity index (χ0n) is 18.1. The van der Waals surface area contributed by atoms with Gasteiger partial charge in [-0.1, -0.05) is 58.2 Å². The van der Waals surface area contributed by atoms with Crippen LogP contribution in [0.25, 0.3) is 0 Å². The van der Waals surface area contributed by atoms with Crippen molar-refractivity contribution in [3.8, 4) is 0 Å². The van der Waals surface area contributed by atoms with Gasteiger partial charge in [0, 0.05) is 5.88 Å². The fourth-order valence-electron chi connectivity index (χ4n) is 2.77. The molecule has 148 valence electrons. The van der Waals surface area contributed by atoms with Gasteiger partial charge in [-0.05, 0) is 92.9 Å². The summed E-state index contributed by atoms with van der Waals surface area (Å²) in [6.07, 6.45) is 21.0. The molecular weight excluding hydrogens is 336 g/mol. The summed E-state index contributed by atoms with van der Waals surface area (Å²) in [7, 11) is 0. The molecule has 0 radical (unpaired) electrons. The van der Waals surface area contributed by atoms with Crippen LogP contribution in [0, 0.1) is 0 Å². The highest BCUT2D eigenvalue weighted by Crippen LogP contribution is 2.14. The molecule has 1 heteroatoms. The molecule has 0 saturated heterocycles. The van der Waals surface area contributed by atoms with Gasteiger partial charge in [-0.2, -0.15) is 0 Å². The van der Waals surface area contributed by atoms with E-state index in [0.717, 1.165) is 19.3 Å². The summed E-state index contributed by atoms with van der Waals surface area (Å²) in [4.78, 5) is 0. The Morgan fingerprint density at radius 3 is 1.12 bits per heavy atom. The van der Waals surface area contributed by atoms with Crippen molar-refractivity contribution in [2.24, 2.45) is 0 Å². The fraction of sp³-hybridized carbons (Fsp3) is 0.600. The Morgan fingerprint density at radius 2 is 0.808 bits per heavy atom. The second-order valence-electron chi connectivity index (χ2n) is 7.79. The maximum atomic E-state index is 5.72. The first kappa shape index (κ1) is 25.0. The van der Waals surface area contributed by atoms with Crippen LogP contribution in [0.1, 0.15) is 92.9 Å². The lowest BCUT2D eigenvalue weighted by atomic mass is 10.0. The van der Waals surface area contributed by atoms with E-state index in [-0.39, 0.29) is 0 Å². The quantitative estimate of drug-likeness (QED) is 0.222. The molecule has 0 aromatic heterocycles. The Balaban J connectivity index is 4.03. The molecule has 0 aliphatic rings. The Morgan fingerprint density at radius 1 is 0.500 bits per heavy atom. The summed E-state index contributed by atoms with van der Waals surface area (Å²) < 4.78 is 0. The third-order valence-electron chi connectivity index (χ3n) is 4.61. The first-order valence-corrected chi connectivity index (χ1v) is 10.7. The van der Waals surface area contributed by atoms with Crippen LogP contribution in [0.15, 0.2) is 58.2 Å². The maximum Gasteiger partial charge on any atom is 0.0406 e. The molecule has 0 aromatic rings. The predicted molar refractivity (Wildman–Crippen MR) is 122 cm³/mol. The van der Waals surface area contributed by atoms with Gasteiger partial charge < -0.3 is 0 Å².